The van der Waals surface area contributed by atoms with Gasteiger partial charge in [-0.3, -0.25) is 0 Å². The summed E-state index contributed by atoms with van der Waals surface area (Å²) in [6.07, 6.45) is 4.58. The maximum absolute atomic E-state index is 14.3. The number of halogens is 1. The van der Waals surface area contributed by atoms with Crippen LogP contribution in [0.4, 0.5) is 4.39 Å². The zero-order valence-corrected chi connectivity index (χ0v) is 14.7. The molecule has 0 bridgehead atoms. The molecule has 2 aromatic heterocycles. The van der Waals surface area contributed by atoms with Gasteiger partial charge in [0.1, 0.15) is 24.4 Å². The number of hydrogen-bond donors (Lipinski definition) is 0. The van der Waals surface area contributed by atoms with Gasteiger partial charge in [0.2, 0.25) is 0 Å². The summed E-state index contributed by atoms with van der Waals surface area (Å²) in [6.45, 7) is 2.52. The second kappa shape index (κ2) is 7.28. The SMILES string of the molecule is CN1CCC(Cc2nc(Cn3cnnn3)n(-c3ccccc3F)n2)CC1. The molecule has 1 fully saturated rings. The summed E-state index contributed by atoms with van der Waals surface area (Å²) in [4.78, 5) is 7.01. The average molecular weight is 356 g/mol. The Hall–Kier alpha value is -2.68. The van der Waals surface area contributed by atoms with Crippen molar-refractivity contribution in [1.29, 1.82) is 0 Å². The van der Waals surface area contributed by atoms with Crippen molar-refractivity contribution in [2.45, 2.75) is 25.8 Å². The summed E-state index contributed by atoms with van der Waals surface area (Å²) >= 11 is 0. The van der Waals surface area contributed by atoms with Crippen molar-refractivity contribution in [3.8, 4) is 5.69 Å². The van der Waals surface area contributed by atoms with E-state index in [0.717, 1.165) is 38.2 Å². The Morgan fingerprint density at radius 2 is 2.00 bits per heavy atom. The summed E-state index contributed by atoms with van der Waals surface area (Å²) in [5.74, 6) is 1.58. The lowest BCUT2D eigenvalue weighted by atomic mass is 9.94. The number of tetrazole rings is 1. The van der Waals surface area contributed by atoms with E-state index >= 15 is 0 Å². The van der Waals surface area contributed by atoms with Crippen LogP contribution in [0, 0.1) is 11.7 Å². The molecule has 0 amide bonds. The molecular weight excluding hydrogens is 335 g/mol. The van der Waals surface area contributed by atoms with Crippen LogP contribution in [0.2, 0.25) is 0 Å². The van der Waals surface area contributed by atoms with Crippen LogP contribution in [0.5, 0.6) is 0 Å². The smallest absolute Gasteiger partial charge is 0.154 e. The van der Waals surface area contributed by atoms with E-state index < -0.39 is 0 Å². The van der Waals surface area contributed by atoms with Crippen molar-refractivity contribution in [2.75, 3.05) is 20.1 Å². The second-order valence-corrected chi connectivity index (χ2v) is 6.77. The third kappa shape index (κ3) is 3.62. The Kier molecular flexibility index (Phi) is 4.70. The molecule has 3 heterocycles. The van der Waals surface area contributed by atoms with Crippen LogP contribution in [0.1, 0.15) is 24.5 Å². The van der Waals surface area contributed by atoms with Gasteiger partial charge in [-0.15, -0.1) is 5.10 Å². The Balaban J connectivity index is 1.62. The highest BCUT2D eigenvalue weighted by Crippen LogP contribution is 2.21. The maximum Gasteiger partial charge on any atom is 0.154 e. The molecule has 1 saturated heterocycles. The number of nitrogens with zero attached hydrogens (tertiary/aromatic N) is 8. The molecule has 1 aliphatic heterocycles. The number of benzene rings is 1. The largest absolute Gasteiger partial charge is 0.306 e. The molecule has 0 saturated carbocycles. The van der Waals surface area contributed by atoms with Gasteiger partial charge in [-0.1, -0.05) is 12.1 Å². The molecule has 3 aromatic rings. The highest BCUT2D eigenvalue weighted by Gasteiger charge is 2.21. The van der Waals surface area contributed by atoms with Gasteiger partial charge in [0, 0.05) is 6.42 Å². The predicted octanol–water partition coefficient (Wildman–Crippen LogP) is 1.33. The Labute approximate surface area is 150 Å². The number of piperidine rings is 1. The molecule has 0 aliphatic carbocycles. The first-order valence-electron chi connectivity index (χ1n) is 8.78. The van der Waals surface area contributed by atoms with Crippen molar-refractivity contribution in [1.82, 2.24) is 39.9 Å². The van der Waals surface area contributed by atoms with E-state index in [4.69, 9.17) is 0 Å². The third-order valence-corrected chi connectivity index (χ3v) is 4.80. The van der Waals surface area contributed by atoms with Crippen LogP contribution >= 0.6 is 0 Å². The van der Waals surface area contributed by atoms with Gasteiger partial charge in [0.25, 0.3) is 0 Å². The number of rotatable bonds is 5. The molecule has 0 atom stereocenters. The second-order valence-electron chi connectivity index (χ2n) is 6.77. The molecule has 9 heteroatoms. The number of aromatic nitrogens is 7. The minimum absolute atomic E-state index is 0.332. The molecule has 0 spiro atoms. The highest BCUT2D eigenvalue weighted by atomic mass is 19.1. The maximum atomic E-state index is 14.3. The zero-order chi connectivity index (χ0) is 17.9. The average Bonchev–Trinajstić information content (AvgIpc) is 3.28. The van der Waals surface area contributed by atoms with Gasteiger partial charge < -0.3 is 4.90 Å². The molecule has 26 heavy (non-hydrogen) atoms. The van der Waals surface area contributed by atoms with Crippen molar-refractivity contribution >= 4 is 0 Å². The third-order valence-electron chi connectivity index (χ3n) is 4.80. The van der Waals surface area contributed by atoms with Gasteiger partial charge in [0.05, 0.1) is 0 Å². The topological polar surface area (TPSA) is 77.5 Å². The quantitative estimate of drug-likeness (QED) is 0.686. The number of para-hydroxylation sites is 1. The minimum atomic E-state index is -0.332. The lowest BCUT2D eigenvalue weighted by Crippen LogP contribution is -2.31. The number of likely N-dealkylation sites (tertiary alicyclic amines) is 1. The summed E-state index contributed by atoms with van der Waals surface area (Å²) in [7, 11) is 2.14. The zero-order valence-electron chi connectivity index (χ0n) is 14.7. The monoisotopic (exact) mass is 356 g/mol. The lowest BCUT2D eigenvalue weighted by Gasteiger charge is -2.28. The molecule has 1 aromatic carbocycles. The predicted molar refractivity (Wildman–Crippen MR) is 92.2 cm³/mol. The minimum Gasteiger partial charge on any atom is -0.306 e. The Morgan fingerprint density at radius 3 is 2.73 bits per heavy atom. The van der Waals surface area contributed by atoms with Gasteiger partial charge in [-0.2, -0.15) is 5.10 Å². The van der Waals surface area contributed by atoms with Crippen LogP contribution in [0.25, 0.3) is 5.69 Å². The molecule has 4 rings (SSSR count). The summed E-state index contributed by atoms with van der Waals surface area (Å²) in [6, 6.07) is 6.58. The molecule has 136 valence electrons. The normalized spacial score (nSPS) is 16.2. The van der Waals surface area contributed by atoms with Crippen LogP contribution in [0.3, 0.4) is 0 Å². The Bertz CT molecular complexity index is 852. The molecule has 0 unspecified atom stereocenters. The van der Waals surface area contributed by atoms with Crippen molar-refractivity contribution in [2.24, 2.45) is 5.92 Å². The standard InChI is InChI=1S/C17H21FN8/c1-24-8-6-13(7-9-24)10-16-20-17(11-25-12-19-22-23-25)26(21-16)15-5-3-2-4-14(15)18/h2-5,12-13H,6-11H2,1H3. The van der Waals surface area contributed by atoms with E-state index in [2.05, 4.69) is 37.6 Å². The lowest BCUT2D eigenvalue weighted by molar-refractivity contribution is 0.217. The van der Waals surface area contributed by atoms with Crippen molar-refractivity contribution in [3.63, 3.8) is 0 Å². The van der Waals surface area contributed by atoms with E-state index in [1.54, 1.807) is 27.6 Å². The summed E-state index contributed by atoms with van der Waals surface area (Å²) < 4.78 is 17.4. The molecular formula is C17H21FN8. The summed E-state index contributed by atoms with van der Waals surface area (Å²) in [5.41, 5.74) is 0.387. The van der Waals surface area contributed by atoms with E-state index in [1.165, 1.54) is 12.4 Å². The fourth-order valence-corrected chi connectivity index (χ4v) is 3.32. The molecule has 1 aliphatic rings. The highest BCUT2D eigenvalue weighted by molar-refractivity contribution is 5.33. The first-order chi connectivity index (χ1) is 12.7. The molecule has 0 radical (unpaired) electrons. The van der Waals surface area contributed by atoms with Crippen molar-refractivity contribution in [3.05, 3.63) is 48.1 Å². The van der Waals surface area contributed by atoms with Crippen LogP contribution in [-0.2, 0) is 13.0 Å². The fourth-order valence-electron chi connectivity index (χ4n) is 3.32. The number of hydrogen-bond acceptors (Lipinski definition) is 6. The summed E-state index contributed by atoms with van der Waals surface area (Å²) in [5, 5.41) is 15.8. The molecule has 0 N–H and O–H groups in total. The van der Waals surface area contributed by atoms with E-state index in [0.29, 0.717) is 24.0 Å². The van der Waals surface area contributed by atoms with Gasteiger partial charge in [-0.25, -0.2) is 18.7 Å². The van der Waals surface area contributed by atoms with Gasteiger partial charge >= 0.3 is 0 Å². The van der Waals surface area contributed by atoms with Crippen molar-refractivity contribution < 1.29 is 4.39 Å². The van der Waals surface area contributed by atoms with E-state index in [9.17, 15) is 4.39 Å². The van der Waals surface area contributed by atoms with E-state index in [-0.39, 0.29) is 5.82 Å². The van der Waals surface area contributed by atoms with Gasteiger partial charge in [0.15, 0.2) is 11.6 Å². The van der Waals surface area contributed by atoms with E-state index in [1.807, 2.05) is 0 Å². The van der Waals surface area contributed by atoms with Gasteiger partial charge in [-0.05, 0) is 61.5 Å². The van der Waals surface area contributed by atoms with Crippen LogP contribution in [0.15, 0.2) is 30.6 Å². The van der Waals surface area contributed by atoms with Crippen LogP contribution < -0.4 is 0 Å². The Morgan fingerprint density at radius 1 is 1.19 bits per heavy atom. The molecule has 8 nitrogen and oxygen atoms in total. The van der Waals surface area contributed by atoms with Crippen LogP contribution in [-0.4, -0.2) is 60.0 Å². The first-order valence-corrected chi connectivity index (χ1v) is 8.78. The first kappa shape index (κ1) is 16.8. The fraction of sp³-hybridized carbons (Fsp3) is 0.471.